The highest BCUT2D eigenvalue weighted by atomic mass is 32.2. The molecule has 0 aromatic heterocycles. The van der Waals surface area contributed by atoms with E-state index in [1.165, 1.54) is 0 Å². The molecule has 0 bridgehead atoms. The quantitative estimate of drug-likeness (QED) is 0.395. The molecule has 2 heteroatoms. The highest BCUT2D eigenvalue weighted by molar-refractivity contribution is 8.15. The Morgan fingerprint density at radius 2 is 2.43 bits per heavy atom. The summed E-state index contributed by atoms with van der Waals surface area (Å²) >= 11 is 1.55. The monoisotopic (exact) mass is 115 g/mol. The molecule has 0 unspecified atom stereocenters. The van der Waals surface area contributed by atoms with Crippen LogP contribution in [0, 0.1) is 0 Å². The van der Waals surface area contributed by atoms with E-state index < -0.39 is 0 Å². The first-order valence-corrected chi connectivity index (χ1v) is 2.88. The summed E-state index contributed by atoms with van der Waals surface area (Å²) in [6.45, 7) is 5.62. The zero-order valence-corrected chi connectivity index (χ0v) is 5.46. The Labute approximate surface area is 48.5 Å². The summed E-state index contributed by atoms with van der Waals surface area (Å²) in [5, 5.41) is 0. The van der Waals surface area contributed by atoms with Crippen molar-refractivity contribution in [3.05, 3.63) is 11.5 Å². The molecule has 0 atom stereocenters. The third-order valence-electron chi connectivity index (χ3n) is 0.359. The van der Waals surface area contributed by atoms with Crippen LogP contribution in [0.3, 0.4) is 0 Å². The van der Waals surface area contributed by atoms with Crippen LogP contribution in [0.4, 0.5) is 0 Å². The Balaban J connectivity index is 3.14. The molecule has 0 aliphatic heterocycles. The van der Waals surface area contributed by atoms with Crippen molar-refractivity contribution in [2.45, 2.75) is 6.92 Å². The maximum absolute atomic E-state index is 3.75. The predicted molar refractivity (Wildman–Crippen MR) is 36.8 cm³/mol. The molecule has 0 radical (unpaired) electrons. The van der Waals surface area contributed by atoms with Crippen molar-refractivity contribution in [2.24, 2.45) is 4.99 Å². The third kappa shape index (κ3) is 5.76. The minimum absolute atomic E-state index is 1.07. The van der Waals surface area contributed by atoms with E-state index in [1.54, 1.807) is 24.4 Å². The van der Waals surface area contributed by atoms with E-state index in [2.05, 4.69) is 11.6 Å². The van der Waals surface area contributed by atoms with Gasteiger partial charge in [0.25, 0.3) is 0 Å². The molecule has 0 N–H and O–H groups in total. The van der Waals surface area contributed by atoms with Gasteiger partial charge in [-0.2, -0.15) is 0 Å². The van der Waals surface area contributed by atoms with Gasteiger partial charge in [-0.25, -0.2) is 0 Å². The molecule has 1 nitrogen and oxygen atoms in total. The summed E-state index contributed by atoms with van der Waals surface area (Å²) in [6, 6.07) is 0. The molecule has 0 heterocycles. The Morgan fingerprint density at radius 1 is 1.86 bits per heavy atom. The number of nitrogens with zero attached hydrogens (tertiary/aromatic N) is 1. The number of hydrogen-bond acceptors (Lipinski definition) is 2. The van der Waals surface area contributed by atoms with E-state index in [0.29, 0.717) is 0 Å². The third-order valence-corrected chi connectivity index (χ3v) is 1.08. The second-order valence-electron chi connectivity index (χ2n) is 1.18. The highest BCUT2D eigenvalue weighted by Gasteiger charge is 1.75. The minimum atomic E-state index is 1.07. The van der Waals surface area contributed by atoms with Crippen molar-refractivity contribution in [3.8, 4) is 0 Å². The fourth-order valence-corrected chi connectivity index (χ4v) is 0.428. The number of rotatable bonds is 2. The molecular formula is C5H9NS. The van der Waals surface area contributed by atoms with Gasteiger partial charge in [0.1, 0.15) is 0 Å². The summed E-state index contributed by atoms with van der Waals surface area (Å²) in [6.07, 6.45) is 0. The van der Waals surface area contributed by atoms with E-state index in [9.17, 15) is 0 Å². The van der Waals surface area contributed by atoms with E-state index >= 15 is 0 Å². The van der Waals surface area contributed by atoms with Crippen LogP contribution in [0.2, 0.25) is 0 Å². The molecule has 0 saturated heterocycles. The van der Waals surface area contributed by atoms with E-state index in [0.717, 1.165) is 4.91 Å². The van der Waals surface area contributed by atoms with Crippen molar-refractivity contribution in [2.75, 3.05) is 7.05 Å². The zero-order valence-electron chi connectivity index (χ0n) is 4.64. The Morgan fingerprint density at radius 3 is 2.57 bits per heavy atom. The van der Waals surface area contributed by atoms with Gasteiger partial charge >= 0.3 is 0 Å². The van der Waals surface area contributed by atoms with Gasteiger partial charge in [-0.1, -0.05) is 18.3 Å². The lowest BCUT2D eigenvalue weighted by atomic mass is 10.8. The van der Waals surface area contributed by atoms with Crippen LogP contribution in [0.25, 0.3) is 0 Å². The van der Waals surface area contributed by atoms with Crippen molar-refractivity contribution >= 4 is 17.3 Å². The molecule has 7 heavy (non-hydrogen) atoms. The van der Waals surface area contributed by atoms with Crippen LogP contribution in [0.1, 0.15) is 6.92 Å². The molecule has 0 spiro atoms. The van der Waals surface area contributed by atoms with Crippen molar-refractivity contribution in [1.29, 1.82) is 0 Å². The van der Waals surface area contributed by atoms with Crippen molar-refractivity contribution in [1.82, 2.24) is 0 Å². The second-order valence-corrected chi connectivity index (χ2v) is 2.33. The minimum Gasteiger partial charge on any atom is -0.289 e. The van der Waals surface area contributed by atoms with Gasteiger partial charge in [0.05, 0.1) is 5.55 Å². The van der Waals surface area contributed by atoms with Gasteiger partial charge < -0.3 is 0 Å². The summed E-state index contributed by atoms with van der Waals surface area (Å²) < 4.78 is 0. The predicted octanol–water partition coefficient (Wildman–Crippen LogP) is 1.91. The fourth-order valence-electron chi connectivity index (χ4n) is 0.143. The average Bonchev–Trinajstić information content (AvgIpc) is 1.61. The first kappa shape index (κ1) is 6.76. The SMILES string of the molecule is C=C(C)S/C=N\C. The Hall–Kier alpha value is -0.240. The van der Waals surface area contributed by atoms with Crippen molar-refractivity contribution in [3.63, 3.8) is 0 Å². The number of thioether (sulfide) groups is 1. The topological polar surface area (TPSA) is 12.4 Å². The smallest absolute Gasteiger partial charge is 0.0582 e. The van der Waals surface area contributed by atoms with E-state index in [-0.39, 0.29) is 0 Å². The molecule has 0 amide bonds. The number of allylic oxidation sites excluding steroid dienone is 1. The van der Waals surface area contributed by atoms with Crippen LogP contribution < -0.4 is 0 Å². The van der Waals surface area contributed by atoms with Gasteiger partial charge in [-0.05, 0) is 11.8 Å². The Kier molecular flexibility index (Phi) is 3.80. The zero-order chi connectivity index (χ0) is 5.70. The molecule has 0 fully saturated rings. The van der Waals surface area contributed by atoms with Crippen LogP contribution in [0.15, 0.2) is 16.5 Å². The second kappa shape index (κ2) is 3.93. The first-order valence-electron chi connectivity index (χ1n) is 2.00. The van der Waals surface area contributed by atoms with Crippen LogP contribution in [0.5, 0.6) is 0 Å². The van der Waals surface area contributed by atoms with Crippen LogP contribution in [-0.2, 0) is 0 Å². The van der Waals surface area contributed by atoms with Gasteiger partial charge in [-0.3, -0.25) is 4.99 Å². The lowest BCUT2D eigenvalue weighted by molar-refractivity contribution is 1.49. The maximum atomic E-state index is 3.75. The first-order chi connectivity index (χ1) is 3.27. The molecule has 0 aromatic carbocycles. The summed E-state index contributed by atoms with van der Waals surface area (Å²) in [4.78, 5) is 4.83. The molecule has 0 saturated carbocycles. The van der Waals surface area contributed by atoms with Crippen LogP contribution >= 0.6 is 11.8 Å². The molecule has 0 aliphatic carbocycles. The fraction of sp³-hybridized carbons (Fsp3) is 0.400. The van der Waals surface area contributed by atoms with Crippen molar-refractivity contribution < 1.29 is 0 Å². The standard InChI is InChI=1S/C5H9NS/c1-5(2)7-4-6-3/h4H,1H2,2-3H3/b6-4-. The molecule has 0 rings (SSSR count). The average molecular weight is 115 g/mol. The summed E-state index contributed by atoms with van der Waals surface area (Å²) in [5.74, 6) is 0. The molecule has 0 aromatic rings. The molecular weight excluding hydrogens is 106 g/mol. The summed E-state index contributed by atoms with van der Waals surface area (Å²) in [7, 11) is 1.75. The van der Waals surface area contributed by atoms with Gasteiger partial charge in [0.2, 0.25) is 0 Å². The van der Waals surface area contributed by atoms with E-state index in [1.807, 2.05) is 6.92 Å². The van der Waals surface area contributed by atoms with Crippen LogP contribution in [-0.4, -0.2) is 12.6 Å². The van der Waals surface area contributed by atoms with Gasteiger partial charge in [0.15, 0.2) is 0 Å². The normalized spacial score (nSPS) is 10.0. The molecule has 0 aliphatic rings. The van der Waals surface area contributed by atoms with Gasteiger partial charge in [-0.15, -0.1) is 0 Å². The molecule has 40 valence electrons. The highest BCUT2D eigenvalue weighted by Crippen LogP contribution is 2.06. The van der Waals surface area contributed by atoms with Gasteiger partial charge in [0, 0.05) is 7.05 Å². The number of aliphatic imine (C=N–C) groups is 1. The van der Waals surface area contributed by atoms with E-state index in [4.69, 9.17) is 0 Å². The lowest BCUT2D eigenvalue weighted by Crippen LogP contribution is -1.61. The largest absolute Gasteiger partial charge is 0.289 e. The maximum Gasteiger partial charge on any atom is 0.0582 e. The summed E-state index contributed by atoms with van der Waals surface area (Å²) in [5.41, 5.74) is 1.77. The lowest BCUT2D eigenvalue weighted by Gasteiger charge is -1.83. The number of hydrogen-bond donors (Lipinski definition) is 0. The Bertz CT molecular complexity index is 86.1.